The van der Waals surface area contributed by atoms with Gasteiger partial charge in [0.2, 0.25) is 0 Å². The average molecular weight is 370 g/mol. The van der Waals surface area contributed by atoms with Crippen LogP contribution in [0.4, 0.5) is 0 Å². The molecule has 1 heterocycles. The summed E-state index contributed by atoms with van der Waals surface area (Å²) in [5, 5.41) is 9.91. The number of hydrogen-bond acceptors (Lipinski definition) is 10. The molecule has 11 nitrogen and oxygen atoms in total. The summed E-state index contributed by atoms with van der Waals surface area (Å²) in [5.74, 6) is -3.64. The minimum atomic E-state index is -4.58. The van der Waals surface area contributed by atoms with Gasteiger partial charge in [-0.2, -0.15) is 8.42 Å². The maximum atomic E-state index is 11.3. The van der Waals surface area contributed by atoms with Gasteiger partial charge in [0.05, 0.1) is 0 Å². The number of aliphatic hydroxyl groups excluding tert-OH is 1. The number of carbonyl (C=O) groups is 3. The van der Waals surface area contributed by atoms with E-state index < -0.39 is 64.5 Å². The maximum absolute atomic E-state index is 11.3. The van der Waals surface area contributed by atoms with Crippen molar-refractivity contribution < 1.29 is 51.4 Å². The minimum absolute atomic E-state index is 0.852. The second-order valence-electron chi connectivity index (χ2n) is 5.04. The molecule has 138 valence electrons. The molecule has 1 saturated heterocycles. The van der Waals surface area contributed by atoms with Crippen LogP contribution in [0.15, 0.2) is 0 Å². The Balaban J connectivity index is 3.23. The van der Waals surface area contributed by atoms with Crippen LogP contribution in [-0.2, 0) is 43.4 Å². The van der Waals surface area contributed by atoms with Crippen LogP contribution < -0.4 is 0 Å². The molecule has 0 unspecified atom stereocenters. The van der Waals surface area contributed by atoms with Crippen molar-refractivity contribution in [2.75, 3.05) is 5.75 Å². The predicted molar refractivity (Wildman–Crippen MR) is 74.0 cm³/mol. The Bertz CT molecular complexity index is 598. The molecule has 1 aliphatic heterocycles. The standard InChI is InChI=1S/C12H18O11S/c1-5(13)20-9-8(4-24(17,18)19)23-12(16)11(22-7(3)15)10(9)21-6(2)14/h8-12,16H,4H2,1-3H3,(H,17,18,19)/t8-,9+,10+,11-,12+/m0/s1. The first kappa shape index (κ1) is 20.3. The van der Waals surface area contributed by atoms with Crippen molar-refractivity contribution in [1.29, 1.82) is 0 Å². The molecular formula is C12H18O11S. The van der Waals surface area contributed by atoms with E-state index in [0.717, 1.165) is 20.8 Å². The van der Waals surface area contributed by atoms with Crippen LogP contribution in [0, 0.1) is 0 Å². The van der Waals surface area contributed by atoms with E-state index in [-0.39, 0.29) is 0 Å². The van der Waals surface area contributed by atoms with Gasteiger partial charge in [-0.05, 0) is 0 Å². The van der Waals surface area contributed by atoms with Crippen molar-refractivity contribution in [2.24, 2.45) is 0 Å². The van der Waals surface area contributed by atoms with Crippen LogP contribution in [0.25, 0.3) is 0 Å². The molecule has 0 aliphatic carbocycles. The predicted octanol–water partition coefficient (Wildman–Crippen LogP) is -1.61. The van der Waals surface area contributed by atoms with Crippen molar-refractivity contribution in [1.82, 2.24) is 0 Å². The molecule has 0 radical (unpaired) electrons. The molecule has 24 heavy (non-hydrogen) atoms. The SMILES string of the molecule is CC(=O)O[C@H]1[C@H](OC(C)=O)[C@H](O)O[C@@H](CS(=O)(=O)O)[C@H]1OC(C)=O. The summed E-state index contributed by atoms with van der Waals surface area (Å²) in [6.45, 7) is 3.03. The normalized spacial score (nSPS) is 30.3. The highest BCUT2D eigenvalue weighted by atomic mass is 32.2. The van der Waals surface area contributed by atoms with Crippen molar-refractivity contribution in [2.45, 2.75) is 51.5 Å². The zero-order chi connectivity index (χ0) is 18.7. The summed E-state index contributed by atoms with van der Waals surface area (Å²) in [4.78, 5) is 33.7. The van der Waals surface area contributed by atoms with E-state index in [0.29, 0.717) is 0 Å². The molecule has 1 aliphatic rings. The number of ether oxygens (including phenoxy) is 4. The lowest BCUT2D eigenvalue weighted by Gasteiger charge is -2.42. The molecule has 2 N–H and O–H groups in total. The second kappa shape index (κ2) is 7.88. The first-order valence-electron chi connectivity index (χ1n) is 6.71. The number of aliphatic hydroxyl groups is 1. The Morgan fingerprint density at radius 1 is 0.917 bits per heavy atom. The lowest BCUT2D eigenvalue weighted by molar-refractivity contribution is -0.287. The van der Waals surface area contributed by atoms with E-state index in [9.17, 15) is 27.9 Å². The Labute approximate surface area is 137 Å². The zero-order valence-corrected chi connectivity index (χ0v) is 13.9. The molecule has 0 aromatic heterocycles. The van der Waals surface area contributed by atoms with Gasteiger partial charge in [0, 0.05) is 20.8 Å². The van der Waals surface area contributed by atoms with Gasteiger partial charge in [-0.3, -0.25) is 18.9 Å². The van der Waals surface area contributed by atoms with Crippen LogP contribution in [0.5, 0.6) is 0 Å². The summed E-state index contributed by atoms with van der Waals surface area (Å²) in [6, 6.07) is 0. The van der Waals surface area contributed by atoms with Crippen molar-refractivity contribution in [3.8, 4) is 0 Å². The van der Waals surface area contributed by atoms with Gasteiger partial charge in [-0.15, -0.1) is 0 Å². The molecule has 1 fully saturated rings. The van der Waals surface area contributed by atoms with Gasteiger partial charge in [0.1, 0.15) is 11.9 Å². The van der Waals surface area contributed by atoms with E-state index >= 15 is 0 Å². The molecular weight excluding hydrogens is 352 g/mol. The Morgan fingerprint density at radius 3 is 1.75 bits per heavy atom. The Hall–Kier alpha value is -1.76. The van der Waals surface area contributed by atoms with Gasteiger partial charge in [0.25, 0.3) is 10.1 Å². The van der Waals surface area contributed by atoms with Crippen molar-refractivity contribution in [3.05, 3.63) is 0 Å². The number of hydrogen-bond donors (Lipinski definition) is 2. The van der Waals surface area contributed by atoms with Crippen molar-refractivity contribution >= 4 is 28.0 Å². The van der Waals surface area contributed by atoms with Crippen LogP contribution in [0.2, 0.25) is 0 Å². The molecule has 0 aromatic carbocycles. The third kappa shape index (κ3) is 6.03. The number of esters is 3. The molecule has 5 atom stereocenters. The molecule has 0 aromatic rings. The first-order chi connectivity index (χ1) is 10.9. The third-order valence-corrected chi connectivity index (χ3v) is 3.64. The molecule has 0 saturated carbocycles. The molecule has 0 spiro atoms. The minimum Gasteiger partial charge on any atom is -0.456 e. The highest BCUT2D eigenvalue weighted by Crippen LogP contribution is 2.28. The van der Waals surface area contributed by atoms with E-state index in [1.54, 1.807) is 0 Å². The highest BCUT2D eigenvalue weighted by molar-refractivity contribution is 7.85. The lowest BCUT2D eigenvalue weighted by Crippen LogP contribution is -2.62. The summed E-state index contributed by atoms with van der Waals surface area (Å²) in [5.41, 5.74) is 0. The van der Waals surface area contributed by atoms with Gasteiger partial charge in [-0.25, -0.2) is 0 Å². The molecule has 12 heteroatoms. The molecule has 0 amide bonds. The third-order valence-electron chi connectivity index (χ3n) is 2.89. The lowest BCUT2D eigenvalue weighted by atomic mass is 9.99. The quantitative estimate of drug-likeness (QED) is 0.325. The van der Waals surface area contributed by atoms with E-state index in [4.69, 9.17) is 23.5 Å². The fraction of sp³-hybridized carbons (Fsp3) is 0.750. The topological polar surface area (TPSA) is 163 Å². The van der Waals surface area contributed by atoms with Gasteiger partial charge in [-0.1, -0.05) is 0 Å². The molecule has 0 bridgehead atoms. The number of carbonyl (C=O) groups excluding carboxylic acids is 3. The zero-order valence-electron chi connectivity index (χ0n) is 13.1. The van der Waals surface area contributed by atoms with Gasteiger partial charge in [0.15, 0.2) is 24.6 Å². The van der Waals surface area contributed by atoms with E-state index in [1.165, 1.54) is 0 Å². The smallest absolute Gasteiger partial charge is 0.303 e. The summed E-state index contributed by atoms with van der Waals surface area (Å²) < 4.78 is 50.7. The van der Waals surface area contributed by atoms with Gasteiger partial charge < -0.3 is 24.1 Å². The fourth-order valence-corrected chi connectivity index (χ4v) is 2.90. The Morgan fingerprint density at radius 2 is 1.33 bits per heavy atom. The van der Waals surface area contributed by atoms with Crippen molar-refractivity contribution in [3.63, 3.8) is 0 Å². The van der Waals surface area contributed by atoms with Crippen LogP contribution in [0.3, 0.4) is 0 Å². The van der Waals surface area contributed by atoms with Crippen LogP contribution in [0.1, 0.15) is 20.8 Å². The second-order valence-corrected chi connectivity index (χ2v) is 6.53. The first-order valence-corrected chi connectivity index (χ1v) is 8.32. The Kier molecular flexibility index (Phi) is 6.66. The fourth-order valence-electron chi connectivity index (χ4n) is 2.21. The summed E-state index contributed by atoms with van der Waals surface area (Å²) in [6.07, 6.45) is -8.08. The summed E-state index contributed by atoms with van der Waals surface area (Å²) in [7, 11) is -4.58. The van der Waals surface area contributed by atoms with Gasteiger partial charge >= 0.3 is 17.9 Å². The van der Waals surface area contributed by atoms with Crippen LogP contribution in [-0.4, -0.2) is 72.4 Å². The average Bonchev–Trinajstić information content (AvgIpc) is 2.35. The van der Waals surface area contributed by atoms with E-state index in [2.05, 4.69) is 0 Å². The highest BCUT2D eigenvalue weighted by Gasteiger charge is 2.52. The molecule has 1 rings (SSSR count). The maximum Gasteiger partial charge on any atom is 0.303 e. The monoisotopic (exact) mass is 370 g/mol. The summed E-state index contributed by atoms with van der Waals surface area (Å²) >= 11 is 0. The largest absolute Gasteiger partial charge is 0.456 e. The van der Waals surface area contributed by atoms with Crippen LogP contribution >= 0.6 is 0 Å². The van der Waals surface area contributed by atoms with E-state index in [1.807, 2.05) is 0 Å². The number of rotatable bonds is 5.